The van der Waals surface area contributed by atoms with Crippen LogP contribution in [0.2, 0.25) is 0 Å². The first-order valence-corrected chi connectivity index (χ1v) is 8.00. The summed E-state index contributed by atoms with van der Waals surface area (Å²) in [6.45, 7) is 0. The van der Waals surface area contributed by atoms with Crippen molar-refractivity contribution in [3.8, 4) is 23.0 Å². The Hall–Kier alpha value is -3.92. The number of amides is 1. The lowest BCUT2D eigenvalue weighted by Gasteiger charge is -2.05. The van der Waals surface area contributed by atoms with E-state index in [0.717, 1.165) is 28.0 Å². The minimum absolute atomic E-state index is 0.173. The van der Waals surface area contributed by atoms with E-state index in [1.165, 1.54) is 0 Å². The highest BCUT2D eigenvalue weighted by Crippen LogP contribution is 2.24. The van der Waals surface area contributed by atoms with E-state index >= 15 is 0 Å². The van der Waals surface area contributed by atoms with Crippen LogP contribution in [0.3, 0.4) is 0 Å². The highest BCUT2D eigenvalue weighted by molar-refractivity contribution is 5.92. The Balaban J connectivity index is 1.65. The van der Waals surface area contributed by atoms with Crippen molar-refractivity contribution in [1.82, 2.24) is 19.7 Å². The molecule has 0 spiro atoms. The Morgan fingerprint density at radius 2 is 2.19 bits per heavy atom. The number of fused-ring (bicyclic) bond motifs is 1. The molecule has 2 N–H and O–H groups in total. The van der Waals surface area contributed by atoms with Gasteiger partial charge in [-0.25, -0.2) is 9.67 Å². The van der Waals surface area contributed by atoms with Crippen molar-refractivity contribution >= 4 is 22.6 Å². The predicted molar refractivity (Wildman–Crippen MR) is 97.5 cm³/mol. The molecular formula is C19H14N6O. The van der Waals surface area contributed by atoms with Crippen LogP contribution in [0.4, 0.5) is 5.69 Å². The molecule has 0 aliphatic carbocycles. The van der Waals surface area contributed by atoms with E-state index in [-0.39, 0.29) is 12.3 Å². The molecule has 0 saturated heterocycles. The standard InChI is InChI=1S/C19H14N6O/c20-8-4-18(26)23-14-3-1-2-13(12-14)16-7-11-25(24-16)17-6-10-22-19-15(17)5-9-21-19/h1-3,5-7,9-12H,4H2,(H,21,22)(H,23,26). The second kappa shape index (κ2) is 6.53. The fourth-order valence-electron chi connectivity index (χ4n) is 2.79. The highest BCUT2D eigenvalue weighted by atomic mass is 16.1. The Kier molecular flexibility index (Phi) is 3.92. The largest absolute Gasteiger partial charge is 0.346 e. The van der Waals surface area contributed by atoms with Gasteiger partial charge in [0.2, 0.25) is 5.91 Å². The van der Waals surface area contributed by atoms with Crippen LogP contribution >= 0.6 is 0 Å². The minimum atomic E-state index is -0.332. The topological polar surface area (TPSA) is 99.4 Å². The number of carbonyl (C=O) groups is 1. The van der Waals surface area contributed by atoms with Gasteiger partial charge in [-0.3, -0.25) is 4.79 Å². The molecule has 1 amide bonds. The van der Waals surface area contributed by atoms with E-state index in [2.05, 4.69) is 20.4 Å². The van der Waals surface area contributed by atoms with E-state index in [1.54, 1.807) is 16.9 Å². The number of hydrogen-bond acceptors (Lipinski definition) is 4. The lowest BCUT2D eigenvalue weighted by molar-refractivity contribution is -0.115. The molecule has 4 rings (SSSR count). The van der Waals surface area contributed by atoms with Gasteiger partial charge >= 0.3 is 0 Å². The number of nitrogens with one attached hydrogen (secondary N) is 2. The SMILES string of the molecule is N#CCC(=O)Nc1cccc(-c2ccn(-c3ccnc4[nH]ccc34)n2)c1. The quantitative estimate of drug-likeness (QED) is 0.594. The molecule has 0 radical (unpaired) electrons. The van der Waals surface area contributed by atoms with Gasteiger partial charge in [-0.15, -0.1) is 0 Å². The second-order valence-corrected chi connectivity index (χ2v) is 5.68. The van der Waals surface area contributed by atoms with Crippen LogP contribution < -0.4 is 5.32 Å². The number of hydrogen-bond donors (Lipinski definition) is 2. The summed E-state index contributed by atoms with van der Waals surface area (Å²) in [7, 11) is 0. The van der Waals surface area contributed by atoms with Gasteiger partial charge in [-0.05, 0) is 30.3 Å². The minimum Gasteiger partial charge on any atom is -0.346 e. The predicted octanol–water partition coefficient (Wildman–Crippen LogP) is 3.27. The van der Waals surface area contributed by atoms with Gasteiger partial charge in [-0.1, -0.05) is 12.1 Å². The molecule has 3 heterocycles. The number of rotatable bonds is 4. The first-order chi connectivity index (χ1) is 12.7. The Labute approximate surface area is 148 Å². The van der Waals surface area contributed by atoms with Gasteiger partial charge in [0.05, 0.1) is 17.5 Å². The summed E-state index contributed by atoms with van der Waals surface area (Å²) in [5, 5.41) is 16.9. The van der Waals surface area contributed by atoms with Gasteiger partial charge in [0.15, 0.2) is 0 Å². The lowest BCUT2D eigenvalue weighted by Crippen LogP contribution is -2.09. The summed E-state index contributed by atoms with van der Waals surface area (Å²) in [5.41, 5.74) is 4.02. The van der Waals surface area contributed by atoms with E-state index in [1.807, 2.05) is 54.9 Å². The number of aromatic amines is 1. The summed E-state index contributed by atoms with van der Waals surface area (Å²) < 4.78 is 1.80. The first kappa shape index (κ1) is 15.6. The smallest absolute Gasteiger partial charge is 0.238 e. The van der Waals surface area contributed by atoms with Crippen LogP contribution in [0.25, 0.3) is 28.0 Å². The summed E-state index contributed by atoms with van der Waals surface area (Å²) in [5.74, 6) is -0.332. The molecule has 4 aromatic rings. The third-order valence-corrected chi connectivity index (χ3v) is 3.95. The molecule has 126 valence electrons. The van der Waals surface area contributed by atoms with Crippen molar-refractivity contribution in [1.29, 1.82) is 5.26 Å². The van der Waals surface area contributed by atoms with Crippen molar-refractivity contribution in [2.45, 2.75) is 6.42 Å². The van der Waals surface area contributed by atoms with Crippen molar-refractivity contribution in [3.05, 3.63) is 61.1 Å². The molecule has 0 saturated carbocycles. The van der Waals surface area contributed by atoms with Crippen molar-refractivity contribution in [2.75, 3.05) is 5.32 Å². The monoisotopic (exact) mass is 342 g/mol. The molecule has 7 heteroatoms. The van der Waals surface area contributed by atoms with E-state index < -0.39 is 0 Å². The van der Waals surface area contributed by atoms with Gasteiger partial charge in [-0.2, -0.15) is 10.4 Å². The molecule has 0 aliphatic heterocycles. The fourth-order valence-corrected chi connectivity index (χ4v) is 2.79. The average Bonchev–Trinajstić information content (AvgIpc) is 3.31. The molecular weight excluding hydrogens is 328 g/mol. The molecule has 0 atom stereocenters. The molecule has 0 bridgehead atoms. The Morgan fingerprint density at radius 1 is 1.27 bits per heavy atom. The highest BCUT2D eigenvalue weighted by Gasteiger charge is 2.09. The zero-order chi connectivity index (χ0) is 17.9. The zero-order valence-corrected chi connectivity index (χ0v) is 13.7. The molecule has 7 nitrogen and oxygen atoms in total. The van der Waals surface area contributed by atoms with Crippen molar-refractivity contribution in [3.63, 3.8) is 0 Å². The molecule has 1 aromatic carbocycles. The number of nitriles is 1. The third-order valence-electron chi connectivity index (χ3n) is 3.95. The summed E-state index contributed by atoms with van der Waals surface area (Å²) >= 11 is 0. The average molecular weight is 342 g/mol. The van der Waals surface area contributed by atoms with Gasteiger partial charge in [0, 0.05) is 35.2 Å². The fraction of sp³-hybridized carbons (Fsp3) is 0.0526. The summed E-state index contributed by atoms with van der Waals surface area (Å²) in [6.07, 6.45) is 5.30. The lowest BCUT2D eigenvalue weighted by atomic mass is 10.1. The summed E-state index contributed by atoms with van der Waals surface area (Å²) in [4.78, 5) is 19.0. The number of nitrogens with zero attached hydrogens (tertiary/aromatic N) is 4. The van der Waals surface area contributed by atoms with Gasteiger partial charge in [0.25, 0.3) is 0 Å². The van der Waals surface area contributed by atoms with Crippen molar-refractivity contribution < 1.29 is 4.79 Å². The van der Waals surface area contributed by atoms with Crippen LogP contribution in [-0.2, 0) is 4.79 Å². The normalized spacial score (nSPS) is 10.6. The van der Waals surface area contributed by atoms with E-state index in [0.29, 0.717) is 5.69 Å². The molecule has 26 heavy (non-hydrogen) atoms. The Morgan fingerprint density at radius 3 is 3.08 bits per heavy atom. The van der Waals surface area contributed by atoms with Crippen LogP contribution in [0.5, 0.6) is 0 Å². The summed E-state index contributed by atoms with van der Waals surface area (Å²) in [6, 6.07) is 15.0. The van der Waals surface area contributed by atoms with Crippen LogP contribution in [-0.4, -0.2) is 25.7 Å². The zero-order valence-electron chi connectivity index (χ0n) is 13.7. The number of H-pyrrole nitrogens is 1. The second-order valence-electron chi connectivity index (χ2n) is 5.68. The van der Waals surface area contributed by atoms with Crippen molar-refractivity contribution in [2.24, 2.45) is 0 Å². The van der Waals surface area contributed by atoms with Gasteiger partial charge in [0.1, 0.15) is 12.1 Å². The molecule has 0 fully saturated rings. The first-order valence-electron chi connectivity index (χ1n) is 8.00. The number of aromatic nitrogens is 4. The van der Waals surface area contributed by atoms with E-state index in [4.69, 9.17) is 5.26 Å². The maximum absolute atomic E-state index is 11.6. The number of anilines is 1. The molecule has 0 aliphatic rings. The molecule has 3 aromatic heterocycles. The number of pyridine rings is 1. The van der Waals surface area contributed by atoms with Crippen LogP contribution in [0, 0.1) is 11.3 Å². The van der Waals surface area contributed by atoms with Crippen LogP contribution in [0.1, 0.15) is 6.42 Å². The Bertz CT molecular complexity index is 1130. The maximum Gasteiger partial charge on any atom is 0.238 e. The van der Waals surface area contributed by atoms with Crippen LogP contribution in [0.15, 0.2) is 61.1 Å². The molecule has 0 unspecified atom stereocenters. The van der Waals surface area contributed by atoms with E-state index in [9.17, 15) is 4.79 Å². The number of carbonyl (C=O) groups excluding carboxylic acids is 1. The third kappa shape index (κ3) is 2.91. The maximum atomic E-state index is 11.6. The number of benzene rings is 1. The van der Waals surface area contributed by atoms with Gasteiger partial charge < -0.3 is 10.3 Å².